The molecule has 0 amide bonds. The Balaban J connectivity index is 0.000000487. The van der Waals surface area contributed by atoms with Gasteiger partial charge < -0.3 is 0 Å². The van der Waals surface area contributed by atoms with Crippen molar-refractivity contribution in [3.8, 4) is 0 Å². The maximum Gasteiger partial charge on any atom is 0.0693 e. The van der Waals surface area contributed by atoms with Gasteiger partial charge in [-0.2, -0.15) is 0 Å². The fourth-order valence-electron chi connectivity index (χ4n) is 1.05. The number of alkyl halides is 6. The van der Waals surface area contributed by atoms with E-state index in [0.717, 1.165) is 0 Å². The summed E-state index contributed by atoms with van der Waals surface area (Å²) >= 11 is 35.3. The van der Waals surface area contributed by atoms with E-state index in [9.17, 15) is 0 Å². The summed E-state index contributed by atoms with van der Waals surface area (Å²) in [6.45, 7) is 2.28. The normalized spacial score (nSPS) is 44.4. The smallest absolute Gasteiger partial charge is 0.0693 e. The van der Waals surface area contributed by atoms with Crippen molar-refractivity contribution in [1.82, 2.24) is 0 Å². The largest absolute Gasteiger partial charge is 0.120 e. The summed E-state index contributed by atoms with van der Waals surface area (Å²) in [6, 6.07) is 1.52. The zero-order valence-corrected chi connectivity index (χ0v) is 17.1. The molecule has 1 fully saturated rings. The van der Waals surface area contributed by atoms with Gasteiger partial charge in [0.15, 0.2) is 0 Å². The van der Waals surface area contributed by atoms with E-state index in [1.54, 1.807) is 0 Å². The predicted molar refractivity (Wildman–Crippen MR) is 86.8 cm³/mol. The summed E-state index contributed by atoms with van der Waals surface area (Å²) < 4.78 is 0. The molecule has 0 aliphatic heterocycles. The lowest BCUT2D eigenvalue weighted by Crippen LogP contribution is -2.52. The molecule has 0 radical (unpaired) electrons. The molecule has 0 unspecified atom stereocenters. The molecule has 0 bridgehead atoms. The molecule has 98 valence electrons. The summed E-state index contributed by atoms with van der Waals surface area (Å²) in [5.41, 5.74) is 0. The molecule has 1 aliphatic rings. The van der Waals surface area contributed by atoms with Gasteiger partial charge in [-0.15, -0.1) is 69.6 Å². The third-order valence-electron chi connectivity index (χ3n) is 2.33. The van der Waals surface area contributed by atoms with Gasteiger partial charge in [-0.1, -0.05) is 13.0 Å². The van der Waals surface area contributed by atoms with Crippen LogP contribution in [-0.2, 0) is 0 Å². The molecule has 0 saturated heterocycles. The second-order valence-corrected chi connectivity index (χ2v) is 11.7. The molecule has 0 nitrogen and oxygen atoms in total. The van der Waals surface area contributed by atoms with Gasteiger partial charge >= 0.3 is 0 Å². The predicted octanol–water partition coefficient (Wildman–Crippen LogP) is 2.52. The summed E-state index contributed by atoms with van der Waals surface area (Å²) in [5, 5.41) is -2.62. The average Bonchev–Trinajstić information content (AvgIpc) is 2.31. The summed E-state index contributed by atoms with van der Waals surface area (Å²) in [5.74, 6) is 0. The summed E-state index contributed by atoms with van der Waals surface area (Å²) in [7, 11) is 2.09. The van der Waals surface area contributed by atoms with Gasteiger partial charge in [0.1, 0.15) is 0 Å². The highest BCUT2D eigenvalue weighted by molar-refractivity contribution is 6.89. The molecular formula is C8H16Cl6Si2. The van der Waals surface area contributed by atoms with Crippen molar-refractivity contribution in [2.45, 2.75) is 45.2 Å². The number of hydrogen-bond acceptors (Lipinski definition) is 0. The summed E-state index contributed by atoms with van der Waals surface area (Å²) in [4.78, 5) is 0. The Kier molecular flexibility index (Phi) is 10.4. The standard InChI is InChI=1S/C6H6Cl6.C2H10Si2/c7-1-2(8)4(10)6(12)5(11)3(1)9;1-2-4-3/h1-6H;2,4H2,1,3H3/t1-,2-,3-,4+,5+,6+;. The van der Waals surface area contributed by atoms with Gasteiger partial charge in [0.2, 0.25) is 0 Å². The average molecular weight is 381 g/mol. The Morgan fingerprint density at radius 3 is 0.938 bits per heavy atom. The van der Waals surface area contributed by atoms with Gasteiger partial charge in [-0.05, 0) is 9.76 Å². The second-order valence-electron chi connectivity index (χ2n) is 3.67. The van der Waals surface area contributed by atoms with Crippen molar-refractivity contribution < 1.29 is 0 Å². The van der Waals surface area contributed by atoms with Gasteiger partial charge in [-0.25, -0.2) is 0 Å². The number of halogens is 6. The maximum atomic E-state index is 5.88. The van der Waals surface area contributed by atoms with Crippen LogP contribution in [0.4, 0.5) is 0 Å². The summed E-state index contributed by atoms with van der Waals surface area (Å²) in [6.07, 6.45) is 0. The van der Waals surface area contributed by atoms with Crippen LogP contribution >= 0.6 is 69.6 Å². The van der Waals surface area contributed by atoms with Crippen LogP contribution in [0.3, 0.4) is 0 Å². The second kappa shape index (κ2) is 9.14. The van der Waals surface area contributed by atoms with Gasteiger partial charge in [-0.3, -0.25) is 0 Å². The monoisotopic (exact) mass is 378 g/mol. The number of hydrogen-bond donors (Lipinski definition) is 0. The molecule has 0 atom stereocenters. The zero-order valence-electron chi connectivity index (χ0n) is 9.15. The van der Waals surface area contributed by atoms with Crippen molar-refractivity contribution in [2.75, 3.05) is 0 Å². The van der Waals surface area contributed by atoms with E-state index in [0.29, 0.717) is 9.04 Å². The SMILES string of the molecule is CC[SiH2][SiH3].Cl[C@H]1[C@H](Cl)[C@@H](Cl)[C@@H](Cl)[C@H](Cl)[C@H]1Cl. The molecule has 1 rings (SSSR count). The lowest BCUT2D eigenvalue weighted by atomic mass is 9.97. The fourth-order valence-corrected chi connectivity index (χ4v) is 3.38. The van der Waals surface area contributed by atoms with E-state index in [2.05, 4.69) is 6.92 Å². The number of rotatable bonds is 1. The van der Waals surface area contributed by atoms with Crippen LogP contribution in [0.2, 0.25) is 6.04 Å². The van der Waals surface area contributed by atoms with Crippen LogP contribution < -0.4 is 0 Å². The third-order valence-corrected chi connectivity index (χ3v) is 10.4. The Morgan fingerprint density at radius 2 is 0.875 bits per heavy atom. The van der Waals surface area contributed by atoms with E-state index >= 15 is 0 Å². The first-order chi connectivity index (χ1) is 7.38. The molecule has 1 aliphatic carbocycles. The highest BCUT2D eigenvalue weighted by atomic mass is 35.5. The highest BCUT2D eigenvalue weighted by Gasteiger charge is 2.46. The zero-order chi connectivity index (χ0) is 12.9. The van der Waals surface area contributed by atoms with Gasteiger partial charge in [0.25, 0.3) is 0 Å². The van der Waals surface area contributed by atoms with Gasteiger partial charge in [0, 0.05) is 9.04 Å². The highest BCUT2D eigenvalue weighted by Crippen LogP contribution is 2.39. The van der Waals surface area contributed by atoms with E-state index in [1.165, 1.54) is 15.8 Å². The first-order valence-corrected chi connectivity index (χ1v) is 14.5. The first-order valence-electron chi connectivity index (χ1n) is 5.22. The van der Waals surface area contributed by atoms with E-state index in [1.807, 2.05) is 0 Å². The minimum atomic E-state index is -0.437. The van der Waals surface area contributed by atoms with E-state index in [-0.39, 0.29) is 0 Å². The Labute approximate surface area is 133 Å². The van der Waals surface area contributed by atoms with Crippen molar-refractivity contribution in [2.24, 2.45) is 0 Å². The molecule has 1 saturated carbocycles. The van der Waals surface area contributed by atoms with Crippen molar-refractivity contribution in [3.05, 3.63) is 0 Å². The molecule has 0 N–H and O–H groups in total. The van der Waals surface area contributed by atoms with Crippen LogP contribution in [0, 0.1) is 0 Å². The lowest BCUT2D eigenvalue weighted by molar-refractivity contribution is 0.544. The van der Waals surface area contributed by atoms with Crippen LogP contribution in [0.15, 0.2) is 0 Å². The molecule has 0 aromatic heterocycles. The Morgan fingerprint density at radius 1 is 0.750 bits per heavy atom. The van der Waals surface area contributed by atoms with E-state index in [4.69, 9.17) is 69.6 Å². The third kappa shape index (κ3) is 5.04. The molecule has 8 heteroatoms. The van der Waals surface area contributed by atoms with Gasteiger partial charge in [0.05, 0.1) is 32.3 Å². The Bertz CT molecular complexity index is 135. The van der Waals surface area contributed by atoms with Crippen LogP contribution in [0.5, 0.6) is 0 Å². The van der Waals surface area contributed by atoms with Crippen molar-refractivity contribution in [1.29, 1.82) is 0 Å². The molecule has 0 aromatic carbocycles. The minimum absolute atomic E-state index is 0.437. The van der Waals surface area contributed by atoms with Crippen LogP contribution in [-0.4, -0.2) is 51.1 Å². The van der Waals surface area contributed by atoms with E-state index < -0.39 is 32.3 Å². The van der Waals surface area contributed by atoms with Crippen molar-refractivity contribution in [3.63, 3.8) is 0 Å². The van der Waals surface area contributed by atoms with Crippen LogP contribution in [0.1, 0.15) is 6.92 Å². The Hall–Kier alpha value is 2.17. The fraction of sp³-hybridized carbons (Fsp3) is 1.00. The molecule has 0 aromatic rings. The molecule has 0 heterocycles. The quantitative estimate of drug-likeness (QED) is 0.484. The van der Waals surface area contributed by atoms with Crippen LogP contribution in [0.25, 0.3) is 0 Å². The topological polar surface area (TPSA) is 0 Å². The maximum absolute atomic E-state index is 5.88. The van der Waals surface area contributed by atoms with Crippen molar-refractivity contribution >= 4 is 88.4 Å². The lowest BCUT2D eigenvalue weighted by Gasteiger charge is -2.37. The molecule has 0 spiro atoms. The minimum Gasteiger partial charge on any atom is -0.120 e. The molecular weight excluding hydrogens is 365 g/mol. The first kappa shape index (κ1) is 18.2. The molecule has 16 heavy (non-hydrogen) atoms.